The maximum atomic E-state index is 9.27. The molecule has 2 rings (SSSR count). The molecule has 118 valence electrons. The predicted octanol–water partition coefficient (Wildman–Crippen LogP) is 4.69. The second-order valence-corrected chi connectivity index (χ2v) is 6.21. The average molecular weight is 305 g/mol. The van der Waals surface area contributed by atoms with Gasteiger partial charge in [0.2, 0.25) is 0 Å². The molecule has 23 heavy (non-hydrogen) atoms. The Morgan fingerprint density at radius 2 is 1.65 bits per heavy atom. The molecule has 1 fully saturated rings. The molecule has 0 amide bonds. The van der Waals surface area contributed by atoms with Crippen LogP contribution in [-0.4, -0.2) is 14.1 Å². The Morgan fingerprint density at radius 1 is 1.04 bits per heavy atom. The third kappa shape index (κ3) is 4.47. The predicted molar refractivity (Wildman–Crippen MR) is 94.6 cm³/mol. The van der Waals surface area contributed by atoms with Gasteiger partial charge in [0.1, 0.15) is 17.7 Å². The van der Waals surface area contributed by atoms with Crippen LogP contribution < -0.4 is 4.90 Å². The van der Waals surface area contributed by atoms with E-state index in [1.807, 2.05) is 61.5 Å². The van der Waals surface area contributed by atoms with Gasteiger partial charge in [-0.1, -0.05) is 43.5 Å². The molecule has 0 heterocycles. The molecule has 1 aromatic carbocycles. The highest BCUT2D eigenvalue weighted by Gasteiger charge is 2.12. The second kappa shape index (κ2) is 8.20. The summed E-state index contributed by atoms with van der Waals surface area (Å²) >= 11 is 0. The van der Waals surface area contributed by atoms with Gasteiger partial charge in [0.05, 0.1) is 0 Å². The van der Waals surface area contributed by atoms with E-state index in [1.165, 1.54) is 32.1 Å². The maximum Gasteiger partial charge on any atom is 0.137 e. The fourth-order valence-electron chi connectivity index (χ4n) is 2.97. The number of hydrogen-bond donors (Lipinski definition) is 0. The first-order chi connectivity index (χ1) is 11.2. The van der Waals surface area contributed by atoms with E-state index in [4.69, 9.17) is 0 Å². The molecule has 0 bridgehead atoms. The summed E-state index contributed by atoms with van der Waals surface area (Å²) < 4.78 is 0. The van der Waals surface area contributed by atoms with E-state index < -0.39 is 0 Å². The van der Waals surface area contributed by atoms with E-state index in [0.717, 1.165) is 16.8 Å². The van der Waals surface area contributed by atoms with Crippen LogP contribution >= 0.6 is 0 Å². The van der Waals surface area contributed by atoms with E-state index in [0.29, 0.717) is 5.92 Å². The van der Waals surface area contributed by atoms with Gasteiger partial charge in [-0.3, -0.25) is 0 Å². The zero-order valence-corrected chi connectivity index (χ0v) is 13.9. The quantitative estimate of drug-likeness (QED) is 0.599. The third-order valence-corrected chi connectivity index (χ3v) is 4.37. The molecule has 0 atom stereocenters. The minimum atomic E-state index is 0.176. The molecule has 0 aliphatic heterocycles. The van der Waals surface area contributed by atoms with E-state index in [2.05, 4.69) is 6.08 Å². The van der Waals surface area contributed by atoms with Crippen molar-refractivity contribution in [1.29, 1.82) is 10.5 Å². The highest BCUT2D eigenvalue weighted by atomic mass is 15.1. The second-order valence-electron chi connectivity index (χ2n) is 6.21. The summed E-state index contributed by atoms with van der Waals surface area (Å²) in [6.45, 7) is 0. The molecule has 3 nitrogen and oxygen atoms in total. The molecular weight excluding hydrogens is 282 g/mol. The standard InChI is InChI=1S/C20H23N3/c1-23(2)19-11-9-17(10-12-19)20(18(14-21)15-22)13-8-16-6-4-3-5-7-16/h8-13,16H,3-7H2,1-2H3/b13-8+. The smallest absolute Gasteiger partial charge is 0.137 e. The molecule has 0 N–H and O–H groups in total. The Hall–Kier alpha value is -2.52. The van der Waals surface area contributed by atoms with Crippen molar-refractivity contribution >= 4 is 11.3 Å². The summed E-state index contributed by atoms with van der Waals surface area (Å²) in [5, 5.41) is 18.5. The van der Waals surface area contributed by atoms with E-state index in [9.17, 15) is 10.5 Å². The lowest BCUT2D eigenvalue weighted by molar-refractivity contribution is 0.419. The first-order valence-corrected chi connectivity index (χ1v) is 8.16. The lowest BCUT2D eigenvalue weighted by Crippen LogP contribution is -2.08. The van der Waals surface area contributed by atoms with Crippen LogP contribution in [0.15, 0.2) is 42.0 Å². The molecule has 0 unspecified atom stereocenters. The van der Waals surface area contributed by atoms with Crippen molar-refractivity contribution in [2.24, 2.45) is 5.92 Å². The number of nitriles is 2. The lowest BCUT2D eigenvalue weighted by Gasteiger charge is -2.18. The topological polar surface area (TPSA) is 50.8 Å². The SMILES string of the molecule is CN(C)c1ccc(C(/C=C/C2CCCCC2)=C(C#N)C#N)cc1. The normalized spacial score (nSPS) is 15.0. The number of anilines is 1. The van der Waals surface area contributed by atoms with Gasteiger partial charge in [-0.2, -0.15) is 10.5 Å². The first-order valence-electron chi connectivity index (χ1n) is 8.16. The summed E-state index contributed by atoms with van der Waals surface area (Å²) in [6.07, 6.45) is 10.4. The maximum absolute atomic E-state index is 9.27. The summed E-state index contributed by atoms with van der Waals surface area (Å²) in [7, 11) is 3.98. The Balaban J connectivity index is 2.32. The van der Waals surface area contributed by atoms with Crippen molar-refractivity contribution in [3.8, 4) is 12.1 Å². The van der Waals surface area contributed by atoms with Gasteiger partial charge in [0, 0.05) is 25.4 Å². The van der Waals surface area contributed by atoms with Crippen LogP contribution in [0.3, 0.4) is 0 Å². The van der Waals surface area contributed by atoms with E-state index in [-0.39, 0.29) is 5.57 Å². The summed E-state index contributed by atoms with van der Waals surface area (Å²) in [5.74, 6) is 0.568. The number of hydrogen-bond acceptors (Lipinski definition) is 3. The van der Waals surface area contributed by atoms with Crippen LogP contribution in [0.2, 0.25) is 0 Å². The molecular formula is C20H23N3. The molecule has 3 heteroatoms. The number of nitrogens with zero attached hydrogens (tertiary/aromatic N) is 3. The van der Waals surface area contributed by atoms with Crippen molar-refractivity contribution in [2.75, 3.05) is 19.0 Å². The van der Waals surface area contributed by atoms with Gasteiger partial charge in [0.25, 0.3) is 0 Å². The third-order valence-electron chi connectivity index (χ3n) is 4.37. The van der Waals surface area contributed by atoms with Crippen molar-refractivity contribution < 1.29 is 0 Å². The minimum absolute atomic E-state index is 0.176. The number of benzene rings is 1. The Bertz CT molecular complexity index is 644. The Kier molecular flexibility index (Phi) is 6.01. The molecule has 1 aliphatic rings. The van der Waals surface area contributed by atoms with Crippen LogP contribution in [0.1, 0.15) is 37.7 Å². The van der Waals surface area contributed by atoms with Crippen molar-refractivity contribution in [1.82, 2.24) is 0 Å². The highest BCUT2D eigenvalue weighted by Crippen LogP contribution is 2.28. The van der Waals surface area contributed by atoms with Gasteiger partial charge in [-0.15, -0.1) is 0 Å². The Morgan fingerprint density at radius 3 is 2.17 bits per heavy atom. The fourth-order valence-corrected chi connectivity index (χ4v) is 2.97. The molecule has 0 saturated heterocycles. The monoisotopic (exact) mass is 305 g/mol. The van der Waals surface area contributed by atoms with Crippen LogP contribution in [0.25, 0.3) is 5.57 Å². The Labute approximate surface area is 139 Å². The zero-order valence-electron chi connectivity index (χ0n) is 13.9. The fraction of sp³-hybridized carbons (Fsp3) is 0.400. The van der Waals surface area contributed by atoms with Gasteiger partial charge in [-0.25, -0.2) is 0 Å². The lowest BCUT2D eigenvalue weighted by atomic mass is 9.88. The van der Waals surface area contributed by atoms with E-state index >= 15 is 0 Å². The summed E-state index contributed by atoms with van der Waals surface area (Å²) in [5.41, 5.74) is 2.92. The van der Waals surface area contributed by atoms with Crippen molar-refractivity contribution in [2.45, 2.75) is 32.1 Å². The van der Waals surface area contributed by atoms with Crippen LogP contribution in [0.4, 0.5) is 5.69 Å². The summed E-state index contributed by atoms with van der Waals surface area (Å²) in [4.78, 5) is 2.03. The molecule has 1 aliphatic carbocycles. The highest BCUT2D eigenvalue weighted by molar-refractivity contribution is 5.82. The van der Waals surface area contributed by atoms with Crippen LogP contribution in [0.5, 0.6) is 0 Å². The molecule has 0 aromatic heterocycles. The summed E-state index contributed by atoms with van der Waals surface area (Å²) in [6, 6.07) is 12.0. The average Bonchev–Trinajstić information content (AvgIpc) is 2.59. The van der Waals surface area contributed by atoms with Crippen LogP contribution in [0, 0.1) is 28.6 Å². The van der Waals surface area contributed by atoms with Crippen molar-refractivity contribution in [3.05, 3.63) is 47.6 Å². The minimum Gasteiger partial charge on any atom is -0.378 e. The molecule has 1 aromatic rings. The number of allylic oxidation sites excluding steroid dienone is 4. The van der Waals surface area contributed by atoms with Gasteiger partial charge in [-0.05, 0) is 36.5 Å². The first kappa shape index (κ1) is 16.8. The van der Waals surface area contributed by atoms with Gasteiger partial charge in [0.15, 0.2) is 0 Å². The van der Waals surface area contributed by atoms with Gasteiger partial charge < -0.3 is 4.90 Å². The molecule has 1 saturated carbocycles. The van der Waals surface area contributed by atoms with Crippen LogP contribution in [-0.2, 0) is 0 Å². The van der Waals surface area contributed by atoms with E-state index in [1.54, 1.807) is 0 Å². The largest absolute Gasteiger partial charge is 0.378 e. The molecule has 0 spiro atoms. The zero-order chi connectivity index (χ0) is 16.7. The van der Waals surface area contributed by atoms with Gasteiger partial charge >= 0.3 is 0 Å². The van der Waals surface area contributed by atoms with Crippen molar-refractivity contribution in [3.63, 3.8) is 0 Å². The number of rotatable bonds is 4. The molecule has 0 radical (unpaired) electrons.